The lowest BCUT2D eigenvalue weighted by atomic mass is 10.1. The summed E-state index contributed by atoms with van der Waals surface area (Å²) in [6.45, 7) is 1.31. The standard InChI is InChI=1S/C23H16BrCl2N5O3S/c24-16-10-13(25)9-15(23(33)30-6-2-7-30)20(16)28-22(32)18-11-19(34-14-4-8-35-12-14)29-31(18)21-17(26)3-1-5-27-21/h1,3-5,8-12H,2,6-7H2,(H,28,32). The summed E-state index contributed by atoms with van der Waals surface area (Å²) in [7, 11) is 0. The van der Waals surface area contributed by atoms with Gasteiger partial charge in [-0.2, -0.15) is 0 Å². The van der Waals surface area contributed by atoms with Crippen molar-refractivity contribution < 1.29 is 14.3 Å². The number of nitrogens with zero attached hydrogens (tertiary/aromatic N) is 4. The number of amides is 2. The van der Waals surface area contributed by atoms with E-state index in [0.29, 0.717) is 39.0 Å². The van der Waals surface area contributed by atoms with Crippen LogP contribution < -0.4 is 10.1 Å². The maximum atomic E-state index is 13.5. The van der Waals surface area contributed by atoms with Gasteiger partial charge >= 0.3 is 0 Å². The number of thiophene rings is 1. The Kier molecular flexibility index (Phi) is 6.79. The third kappa shape index (κ3) is 4.92. The summed E-state index contributed by atoms with van der Waals surface area (Å²) in [5.41, 5.74) is 0.700. The van der Waals surface area contributed by atoms with E-state index in [9.17, 15) is 9.59 Å². The van der Waals surface area contributed by atoms with Gasteiger partial charge in [0.15, 0.2) is 5.82 Å². The van der Waals surface area contributed by atoms with Gasteiger partial charge in [-0.25, -0.2) is 9.67 Å². The zero-order chi connectivity index (χ0) is 24.5. The van der Waals surface area contributed by atoms with Crippen LogP contribution in [-0.4, -0.2) is 44.6 Å². The van der Waals surface area contributed by atoms with Crippen LogP contribution in [0.25, 0.3) is 5.82 Å². The summed E-state index contributed by atoms with van der Waals surface area (Å²) in [5.74, 6) is 0.271. The second-order valence-corrected chi connectivity index (χ2v) is 10.0. The molecule has 0 radical (unpaired) electrons. The van der Waals surface area contributed by atoms with Gasteiger partial charge < -0.3 is 15.0 Å². The molecule has 0 bridgehead atoms. The van der Waals surface area contributed by atoms with Gasteiger partial charge in [-0.3, -0.25) is 9.59 Å². The van der Waals surface area contributed by atoms with E-state index >= 15 is 0 Å². The number of carbonyl (C=O) groups is 2. The molecule has 5 rings (SSSR count). The highest BCUT2D eigenvalue weighted by molar-refractivity contribution is 9.10. The van der Waals surface area contributed by atoms with E-state index in [1.54, 1.807) is 41.4 Å². The first-order chi connectivity index (χ1) is 16.9. The van der Waals surface area contributed by atoms with Gasteiger partial charge in [-0.15, -0.1) is 16.4 Å². The van der Waals surface area contributed by atoms with Crippen molar-refractivity contribution in [3.05, 3.63) is 79.1 Å². The number of hydrogen-bond donors (Lipinski definition) is 1. The zero-order valence-corrected chi connectivity index (χ0v) is 21.8. The average molecular weight is 593 g/mol. The number of ether oxygens (including phenoxy) is 1. The van der Waals surface area contributed by atoms with Crippen LogP contribution in [0.1, 0.15) is 27.3 Å². The molecule has 1 aliphatic rings. The molecule has 3 aromatic heterocycles. The molecular weight excluding hydrogens is 577 g/mol. The number of anilines is 1. The van der Waals surface area contributed by atoms with Crippen molar-refractivity contribution in [2.75, 3.05) is 18.4 Å². The highest BCUT2D eigenvalue weighted by Gasteiger charge is 2.28. The van der Waals surface area contributed by atoms with E-state index in [0.717, 1.165) is 6.42 Å². The molecule has 12 heteroatoms. The Morgan fingerprint density at radius 3 is 2.69 bits per heavy atom. The van der Waals surface area contributed by atoms with Crippen molar-refractivity contribution in [3.8, 4) is 17.4 Å². The van der Waals surface area contributed by atoms with Gasteiger partial charge in [0.1, 0.15) is 11.4 Å². The molecule has 0 saturated carbocycles. The number of pyridine rings is 1. The highest BCUT2D eigenvalue weighted by Crippen LogP contribution is 2.33. The fourth-order valence-corrected chi connectivity index (χ4v) is 5.10. The number of halogens is 3. The van der Waals surface area contributed by atoms with Crippen molar-refractivity contribution in [2.45, 2.75) is 6.42 Å². The lowest BCUT2D eigenvalue weighted by molar-refractivity contribution is 0.0653. The third-order valence-corrected chi connectivity index (χ3v) is 7.04. The quantitative estimate of drug-likeness (QED) is 0.284. The monoisotopic (exact) mass is 591 g/mol. The number of likely N-dealkylation sites (tertiary alicyclic amines) is 1. The SMILES string of the molecule is O=C(Nc1c(Br)cc(Cl)cc1C(=O)N1CCC1)c1cc(Oc2ccsc2)nn1-c1ncccc1Cl. The minimum Gasteiger partial charge on any atom is -0.437 e. The number of carbonyl (C=O) groups excluding carboxylic acids is 2. The van der Waals surface area contributed by atoms with Crippen LogP contribution in [0, 0.1) is 0 Å². The number of hydrogen-bond acceptors (Lipinski definition) is 6. The summed E-state index contributed by atoms with van der Waals surface area (Å²) < 4.78 is 7.57. The molecule has 0 spiro atoms. The summed E-state index contributed by atoms with van der Waals surface area (Å²) in [6, 6.07) is 9.75. The molecule has 1 aliphatic heterocycles. The fourth-order valence-electron chi connectivity index (χ4n) is 3.43. The number of rotatable bonds is 6. The minimum atomic E-state index is -0.542. The molecule has 35 heavy (non-hydrogen) atoms. The van der Waals surface area contributed by atoms with Crippen molar-refractivity contribution >= 4 is 68.0 Å². The van der Waals surface area contributed by atoms with E-state index in [1.807, 2.05) is 10.8 Å². The van der Waals surface area contributed by atoms with Crippen molar-refractivity contribution in [3.63, 3.8) is 0 Å². The molecule has 0 atom stereocenters. The van der Waals surface area contributed by atoms with Gasteiger partial charge in [0.25, 0.3) is 11.8 Å². The molecule has 0 unspecified atom stereocenters. The molecule has 1 saturated heterocycles. The van der Waals surface area contributed by atoms with Gasteiger partial charge in [-0.1, -0.05) is 23.2 Å². The van der Waals surface area contributed by atoms with E-state index in [-0.39, 0.29) is 28.9 Å². The maximum absolute atomic E-state index is 13.5. The number of nitrogens with one attached hydrogen (secondary N) is 1. The van der Waals surface area contributed by atoms with Crippen molar-refractivity contribution in [2.24, 2.45) is 0 Å². The zero-order valence-electron chi connectivity index (χ0n) is 17.9. The van der Waals surface area contributed by atoms with Crippen LogP contribution in [0.5, 0.6) is 11.6 Å². The van der Waals surface area contributed by atoms with E-state index in [2.05, 4.69) is 31.3 Å². The van der Waals surface area contributed by atoms with E-state index in [1.165, 1.54) is 22.1 Å². The molecular formula is C23H16BrCl2N5O3S. The first kappa shape index (κ1) is 23.8. The molecule has 178 valence electrons. The molecule has 4 heterocycles. The van der Waals surface area contributed by atoms with Crippen LogP contribution in [0.4, 0.5) is 5.69 Å². The van der Waals surface area contributed by atoms with E-state index in [4.69, 9.17) is 27.9 Å². The molecule has 8 nitrogen and oxygen atoms in total. The second kappa shape index (κ2) is 9.98. The predicted molar refractivity (Wildman–Crippen MR) is 138 cm³/mol. The Hall–Kier alpha value is -2.92. The summed E-state index contributed by atoms with van der Waals surface area (Å²) in [4.78, 5) is 32.5. The third-order valence-electron chi connectivity index (χ3n) is 5.24. The minimum absolute atomic E-state index is 0.111. The number of aromatic nitrogens is 3. The van der Waals surface area contributed by atoms with Crippen LogP contribution in [0.15, 0.2) is 57.8 Å². The van der Waals surface area contributed by atoms with Crippen LogP contribution in [0.3, 0.4) is 0 Å². The largest absolute Gasteiger partial charge is 0.437 e. The molecule has 4 aromatic rings. The molecule has 2 amide bonds. The summed E-state index contributed by atoms with van der Waals surface area (Å²) in [6.07, 6.45) is 2.48. The topological polar surface area (TPSA) is 89.4 Å². The highest BCUT2D eigenvalue weighted by atomic mass is 79.9. The molecule has 1 fully saturated rings. The van der Waals surface area contributed by atoms with Crippen LogP contribution in [-0.2, 0) is 0 Å². The summed E-state index contributed by atoms with van der Waals surface area (Å²) in [5, 5.41) is 11.6. The smallest absolute Gasteiger partial charge is 0.274 e. The lowest BCUT2D eigenvalue weighted by Crippen LogP contribution is -2.42. The molecule has 1 aromatic carbocycles. The van der Waals surface area contributed by atoms with Crippen LogP contribution in [0.2, 0.25) is 10.0 Å². The van der Waals surface area contributed by atoms with Crippen molar-refractivity contribution in [1.82, 2.24) is 19.7 Å². The lowest BCUT2D eigenvalue weighted by Gasteiger charge is -2.31. The summed E-state index contributed by atoms with van der Waals surface area (Å²) >= 11 is 17.5. The Balaban J connectivity index is 1.54. The first-order valence-corrected chi connectivity index (χ1v) is 12.9. The molecule has 0 aliphatic carbocycles. The van der Waals surface area contributed by atoms with E-state index < -0.39 is 5.91 Å². The fraction of sp³-hybridized carbons (Fsp3) is 0.130. The Morgan fingerprint density at radius 2 is 2.00 bits per heavy atom. The number of benzene rings is 1. The average Bonchev–Trinajstić information content (AvgIpc) is 3.45. The van der Waals surface area contributed by atoms with Gasteiger partial charge in [0, 0.05) is 40.2 Å². The van der Waals surface area contributed by atoms with Crippen LogP contribution >= 0.6 is 50.5 Å². The second-order valence-electron chi connectivity index (χ2n) is 7.56. The van der Waals surface area contributed by atoms with Gasteiger partial charge in [0.05, 0.1) is 16.3 Å². The maximum Gasteiger partial charge on any atom is 0.274 e. The Morgan fingerprint density at radius 1 is 1.17 bits per heavy atom. The van der Waals surface area contributed by atoms with Gasteiger partial charge in [-0.05, 0) is 58.1 Å². The predicted octanol–water partition coefficient (Wildman–Crippen LogP) is 6.29. The van der Waals surface area contributed by atoms with Gasteiger partial charge in [0.2, 0.25) is 5.88 Å². The normalized spacial score (nSPS) is 12.8. The van der Waals surface area contributed by atoms with Crippen molar-refractivity contribution in [1.29, 1.82) is 0 Å². The first-order valence-electron chi connectivity index (χ1n) is 10.4. The molecule has 1 N–H and O–H groups in total. The Labute approximate surface area is 222 Å². The Bertz CT molecular complexity index is 1420.